The summed E-state index contributed by atoms with van der Waals surface area (Å²) in [6.07, 6.45) is 27.0. The molecule has 0 fully saturated rings. The van der Waals surface area contributed by atoms with Crippen LogP contribution in [-0.2, 0) is 27.2 Å². The monoisotopic (exact) mass is 1160 g/mol. The number of allylic oxidation sites excluding steroid dienone is 9. The molecule has 0 saturated carbocycles. The summed E-state index contributed by atoms with van der Waals surface area (Å²) in [5.74, 6) is 0.853. The highest BCUT2D eigenvalue weighted by Gasteiger charge is 2.20. The molecule has 0 saturated heterocycles. The minimum absolute atomic E-state index is 0.366. The second-order valence-corrected chi connectivity index (χ2v) is 22.6. The molecule has 88 heavy (non-hydrogen) atoms. The lowest BCUT2D eigenvalue weighted by atomic mass is 9.93. The fourth-order valence-electron chi connectivity index (χ4n) is 11.6. The molecule has 0 atom stereocenters. The molecule has 1 aliphatic rings. The SMILES string of the molecule is [C-]#[N+]c1cnn(C)c1N=Nc1c(C)n(Cc2ccc(C(=CC=CC(=C3C=CC(=[N+](CCC)CCCC)C=C3)c3ccc(Cn4c(C)c(N=Nc5c(C#N)cnn5C)c5ccccc54)cc3)c3ccc(N(CCCC)CCCC)cc3)cc2)c2ccccc12. The summed E-state index contributed by atoms with van der Waals surface area (Å²) in [4.78, 5) is 6.15. The summed E-state index contributed by atoms with van der Waals surface area (Å²) in [7, 11) is 3.54. The Kier molecular flexibility index (Phi) is 20.0. The summed E-state index contributed by atoms with van der Waals surface area (Å²) in [6, 6.07) is 45.9. The number of anilines is 1. The van der Waals surface area contributed by atoms with Gasteiger partial charge in [0.05, 0.1) is 30.0 Å². The van der Waals surface area contributed by atoms with Crippen molar-refractivity contribution in [3.63, 3.8) is 0 Å². The van der Waals surface area contributed by atoms with Gasteiger partial charge in [-0.3, -0.25) is 4.68 Å². The van der Waals surface area contributed by atoms with Crippen LogP contribution in [0.2, 0.25) is 0 Å². The third-order valence-corrected chi connectivity index (χ3v) is 16.6. The quantitative estimate of drug-likeness (QED) is 0.0244. The molecule has 0 spiro atoms. The van der Waals surface area contributed by atoms with Crippen molar-refractivity contribution < 1.29 is 4.58 Å². The van der Waals surface area contributed by atoms with Crippen molar-refractivity contribution >= 4 is 73.0 Å². The smallest absolute Gasteiger partial charge is 0.251 e. The maximum atomic E-state index is 9.71. The highest BCUT2D eigenvalue weighted by molar-refractivity contribution is 6.04. The van der Waals surface area contributed by atoms with Crippen LogP contribution in [0.4, 0.5) is 34.4 Å². The molecular formula is C74H79N14+. The van der Waals surface area contributed by atoms with Gasteiger partial charge in [-0.1, -0.05) is 162 Å². The van der Waals surface area contributed by atoms with E-state index in [0.29, 0.717) is 36.0 Å². The van der Waals surface area contributed by atoms with E-state index in [4.69, 9.17) is 16.8 Å². The number of nitriles is 1. The van der Waals surface area contributed by atoms with Gasteiger partial charge in [0.1, 0.15) is 36.1 Å². The van der Waals surface area contributed by atoms with E-state index in [0.717, 1.165) is 160 Å². The maximum absolute atomic E-state index is 9.71. The van der Waals surface area contributed by atoms with Crippen molar-refractivity contribution in [2.45, 2.75) is 99.6 Å². The Balaban J connectivity index is 1.01. The number of azo groups is 2. The first kappa shape index (κ1) is 61.1. The van der Waals surface area contributed by atoms with E-state index < -0.39 is 0 Å². The number of hydrogen-bond acceptors (Lipinski definition) is 8. The van der Waals surface area contributed by atoms with Crippen LogP contribution in [0.25, 0.3) is 37.8 Å². The summed E-state index contributed by atoms with van der Waals surface area (Å²) >= 11 is 0. The number of aromatic nitrogens is 6. The first-order valence-electron chi connectivity index (χ1n) is 31.0. The molecule has 0 aliphatic heterocycles. The van der Waals surface area contributed by atoms with Gasteiger partial charge >= 0.3 is 0 Å². The molecule has 9 aromatic rings. The minimum Gasteiger partial charge on any atom is -0.372 e. The van der Waals surface area contributed by atoms with E-state index in [1.54, 1.807) is 23.5 Å². The zero-order valence-corrected chi connectivity index (χ0v) is 52.2. The van der Waals surface area contributed by atoms with Gasteiger partial charge in [0, 0.05) is 93.1 Å². The van der Waals surface area contributed by atoms with Gasteiger partial charge in [0.2, 0.25) is 0 Å². The van der Waals surface area contributed by atoms with Crippen molar-refractivity contribution in [2.75, 3.05) is 31.1 Å². The number of rotatable bonds is 25. The molecule has 444 valence electrons. The average Bonchev–Trinajstić information content (AvgIpc) is 3.06. The number of nitrogens with zero attached hydrogens (tertiary/aromatic N) is 14. The van der Waals surface area contributed by atoms with E-state index in [-0.39, 0.29) is 0 Å². The van der Waals surface area contributed by atoms with Crippen LogP contribution in [0, 0.1) is 31.8 Å². The molecule has 0 bridgehead atoms. The van der Waals surface area contributed by atoms with E-state index in [1.165, 1.54) is 23.8 Å². The maximum Gasteiger partial charge on any atom is 0.251 e. The molecule has 5 aromatic carbocycles. The Hall–Kier alpha value is -10.1. The third kappa shape index (κ3) is 13.6. The Labute approximate surface area is 518 Å². The standard InChI is InChI=1S/C74H79N14/c1-10-14-45-85(44-13-4)62-40-36-59(37-41-62)64(57-32-28-55(29-33-57)51-87-53(5)71(66-22-17-19-26-69(66)87)79-81-73-61(48-75)49-77-83(73)8)24-21-25-65(60-38-42-63(43-39-60)86(46-15-11-2)47-16-12-3)58-34-30-56(31-35-58)52-88-54(6)72(67-23-18-20-27-70(67)88)80-82-74-68(76-7)50-78-84(74)9/h17-43,49-50H,10-16,44-47,51-52H2,1-6,8-9H3/q+1. The zero-order chi connectivity index (χ0) is 61.5. The molecule has 4 heterocycles. The second-order valence-electron chi connectivity index (χ2n) is 22.6. The normalized spacial score (nSPS) is 12.7. The molecule has 0 N–H and O–H groups in total. The number of fused-ring (bicyclic) bond motifs is 2. The first-order valence-corrected chi connectivity index (χ1v) is 31.0. The van der Waals surface area contributed by atoms with Crippen LogP contribution in [0.3, 0.4) is 0 Å². The highest BCUT2D eigenvalue weighted by atomic mass is 15.3. The number of hydrogen-bond donors (Lipinski definition) is 0. The lowest BCUT2D eigenvalue weighted by molar-refractivity contribution is -0.527. The van der Waals surface area contributed by atoms with Crippen molar-refractivity contribution in [1.82, 2.24) is 28.7 Å². The molecule has 14 heteroatoms. The molecule has 10 rings (SSSR count). The van der Waals surface area contributed by atoms with Crippen LogP contribution in [0.15, 0.2) is 202 Å². The first-order chi connectivity index (χ1) is 43.0. The van der Waals surface area contributed by atoms with Crippen LogP contribution in [-0.4, -0.2) is 65.2 Å². The highest BCUT2D eigenvalue weighted by Crippen LogP contribution is 2.39. The van der Waals surface area contributed by atoms with Crippen LogP contribution in [0.1, 0.15) is 117 Å². The fourth-order valence-corrected chi connectivity index (χ4v) is 11.6. The third-order valence-electron chi connectivity index (χ3n) is 16.6. The van der Waals surface area contributed by atoms with E-state index >= 15 is 0 Å². The van der Waals surface area contributed by atoms with Crippen LogP contribution in [0.5, 0.6) is 0 Å². The van der Waals surface area contributed by atoms with E-state index in [2.05, 4.69) is 243 Å². The van der Waals surface area contributed by atoms with Gasteiger partial charge in [0.15, 0.2) is 17.3 Å². The molecule has 0 amide bonds. The second kappa shape index (κ2) is 28.9. The van der Waals surface area contributed by atoms with E-state index in [1.807, 2.05) is 12.1 Å². The molecule has 0 radical (unpaired) electrons. The van der Waals surface area contributed by atoms with Gasteiger partial charge in [-0.2, -0.15) is 15.5 Å². The topological polar surface area (TPSA) is 129 Å². The Morgan fingerprint density at radius 3 is 1.68 bits per heavy atom. The Morgan fingerprint density at radius 2 is 1.14 bits per heavy atom. The predicted octanol–water partition coefficient (Wildman–Crippen LogP) is 18.7. The van der Waals surface area contributed by atoms with Crippen molar-refractivity contribution in [1.29, 1.82) is 5.26 Å². The molecular weight excluding hydrogens is 1080 g/mol. The van der Waals surface area contributed by atoms with Gasteiger partial charge in [0.25, 0.3) is 5.69 Å². The van der Waals surface area contributed by atoms with Gasteiger partial charge in [-0.05, 0) is 108 Å². The van der Waals surface area contributed by atoms with Crippen molar-refractivity contribution in [3.05, 3.63) is 238 Å². The molecule has 0 unspecified atom stereocenters. The predicted molar refractivity (Wildman–Crippen MR) is 360 cm³/mol. The van der Waals surface area contributed by atoms with Crippen LogP contribution >= 0.6 is 0 Å². The molecule has 4 aromatic heterocycles. The van der Waals surface area contributed by atoms with Crippen molar-refractivity contribution in [2.24, 2.45) is 34.6 Å². The summed E-state index contributed by atoms with van der Waals surface area (Å²) in [6.45, 7) is 26.3. The number of para-hydroxylation sites is 2. The van der Waals surface area contributed by atoms with Gasteiger partial charge < -0.3 is 14.0 Å². The summed E-state index contributed by atoms with van der Waals surface area (Å²) in [5, 5.41) is 38.7. The number of aryl methyl sites for hydroxylation is 2. The minimum atomic E-state index is 0.366. The Morgan fingerprint density at radius 1 is 0.614 bits per heavy atom. The van der Waals surface area contributed by atoms with Crippen LogP contribution < -0.4 is 4.90 Å². The number of benzene rings is 5. The number of unbranched alkanes of at least 4 members (excludes halogenated alkanes) is 3. The lowest BCUT2D eigenvalue weighted by Gasteiger charge is -2.25. The molecule has 14 nitrogen and oxygen atoms in total. The van der Waals surface area contributed by atoms with Crippen molar-refractivity contribution in [3.8, 4) is 6.07 Å². The largest absolute Gasteiger partial charge is 0.372 e. The van der Waals surface area contributed by atoms with E-state index in [9.17, 15) is 5.26 Å². The summed E-state index contributed by atoms with van der Waals surface area (Å²) in [5.41, 5.74) is 17.9. The van der Waals surface area contributed by atoms with Gasteiger partial charge in [-0.25, -0.2) is 14.1 Å². The fraction of sp³-hybridized carbons (Fsp3) is 0.284. The zero-order valence-electron chi connectivity index (χ0n) is 52.2. The molecule has 1 aliphatic carbocycles. The average molecular weight is 1160 g/mol. The lowest BCUT2D eigenvalue weighted by Crippen LogP contribution is -2.25. The van der Waals surface area contributed by atoms with Gasteiger partial charge in [-0.15, -0.1) is 20.5 Å². The Bertz CT molecular complexity index is 4250. The summed E-state index contributed by atoms with van der Waals surface area (Å²) < 4.78 is 10.3.